The van der Waals surface area contributed by atoms with Crippen molar-refractivity contribution in [2.24, 2.45) is 0 Å². The van der Waals surface area contributed by atoms with E-state index in [0.717, 1.165) is 17.0 Å². The predicted molar refractivity (Wildman–Crippen MR) is 71.2 cm³/mol. The molecule has 0 unspecified atom stereocenters. The Hall–Kier alpha value is -2.28. The van der Waals surface area contributed by atoms with Crippen molar-refractivity contribution in [1.29, 1.82) is 0 Å². The molecule has 1 aromatic heterocycles. The lowest BCUT2D eigenvalue weighted by atomic mass is 10.3. The van der Waals surface area contributed by atoms with Gasteiger partial charge in [0, 0.05) is 10.9 Å². The van der Waals surface area contributed by atoms with E-state index in [1.807, 2.05) is 17.5 Å². The number of carbonyl (C=O) groups is 2. The van der Waals surface area contributed by atoms with E-state index in [0.29, 0.717) is 6.07 Å². The first kappa shape index (κ1) is 14.1. The fourth-order valence-corrected chi connectivity index (χ4v) is 2.08. The van der Waals surface area contributed by atoms with Crippen LogP contribution in [0, 0.1) is 11.6 Å². The second-order valence-electron chi connectivity index (χ2n) is 3.84. The van der Waals surface area contributed by atoms with E-state index in [1.54, 1.807) is 0 Å². The number of thiophene rings is 1. The van der Waals surface area contributed by atoms with E-state index in [2.05, 4.69) is 10.6 Å². The third-order valence-corrected chi connectivity index (χ3v) is 3.27. The lowest BCUT2D eigenvalue weighted by molar-refractivity contribution is -0.136. The highest BCUT2D eigenvalue weighted by Crippen LogP contribution is 2.14. The number of benzene rings is 1. The SMILES string of the molecule is O=C(NCc1cccs1)C(=O)Nc1ccc(F)cc1F. The van der Waals surface area contributed by atoms with Crippen molar-refractivity contribution < 1.29 is 18.4 Å². The summed E-state index contributed by atoms with van der Waals surface area (Å²) in [5.74, 6) is -3.60. The Bertz CT molecular complexity index is 629. The molecule has 2 aromatic rings. The summed E-state index contributed by atoms with van der Waals surface area (Å²) in [6, 6.07) is 6.29. The van der Waals surface area contributed by atoms with Crippen LogP contribution in [0.3, 0.4) is 0 Å². The Morgan fingerprint density at radius 3 is 2.60 bits per heavy atom. The number of nitrogens with one attached hydrogen (secondary N) is 2. The molecule has 2 amide bonds. The zero-order valence-electron chi connectivity index (χ0n) is 10.2. The molecule has 20 heavy (non-hydrogen) atoms. The molecule has 0 atom stereocenters. The maximum Gasteiger partial charge on any atom is 0.313 e. The monoisotopic (exact) mass is 296 g/mol. The number of halogens is 2. The van der Waals surface area contributed by atoms with E-state index >= 15 is 0 Å². The fourth-order valence-electron chi connectivity index (χ4n) is 1.43. The maximum absolute atomic E-state index is 13.3. The Morgan fingerprint density at radius 2 is 1.95 bits per heavy atom. The summed E-state index contributed by atoms with van der Waals surface area (Å²) in [6.07, 6.45) is 0. The van der Waals surface area contributed by atoms with E-state index in [4.69, 9.17) is 0 Å². The summed E-state index contributed by atoms with van der Waals surface area (Å²) < 4.78 is 26.0. The second kappa shape index (κ2) is 6.25. The van der Waals surface area contributed by atoms with Crippen molar-refractivity contribution in [3.63, 3.8) is 0 Å². The minimum Gasteiger partial charge on any atom is -0.343 e. The zero-order valence-corrected chi connectivity index (χ0v) is 11.0. The van der Waals surface area contributed by atoms with Crippen LogP contribution in [0.1, 0.15) is 4.88 Å². The molecule has 2 N–H and O–H groups in total. The molecule has 7 heteroatoms. The molecule has 0 aliphatic rings. The zero-order chi connectivity index (χ0) is 14.5. The van der Waals surface area contributed by atoms with E-state index in [1.165, 1.54) is 11.3 Å². The van der Waals surface area contributed by atoms with Gasteiger partial charge in [0.1, 0.15) is 11.6 Å². The van der Waals surface area contributed by atoms with Crippen LogP contribution in [0.4, 0.5) is 14.5 Å². The maximum atomic E-state index is 13.3. The molecule has 0 aliphatic heterocycles. The quantitative estimate of drug-likeness (QED) is 0.854. The van der Waals surface area contributed by atoms with E-state index in [-0.39, 0.29) is 12.2 Å². The molecule has 0 aliphatic carbocycles. The first-order valence-corrected chi connectivity index (χ1v) is 6.51. The van der Waals surface area contributed by atoms with Gasteiger partial charge in [0.05, 0.1) is 12.2 Å². The molecule has 0 radical (unpaired) electrons. The van der Waals surface area contributed by atoms with Crippen LogP contribution < -0.4 is 10.6 Å². The standard InChI is InChI=1S/C13H10F2N2O2S/c14-8-3-4-11(10(15)6-8)17-13(19)12(18)16-7-9-2-1-5-20-9/h1-6H,7H2,(H,16,18)(H,17,19). The second-order valence-corrected chi connectivity index (χ2v) is 4.87. The van der Waals surface area contributed by atoms with Crippen molar-refractivity contribution >= 4 is 28.8 Å². The summed E-state index contributed by atoms with van der Waals surface area (Å²) in [5, 5.41) is 6.32. The number of amides is 2. The molecule has 1 heterocycles. The molecule has 0 bridgehead atoms. The Balaban J connectivity index is 1.92. The van der Waals surface area contributed by atoms with Crippen molar-refractivity contribution in [1.82, 2.24) is 5.32 Å². The molecule has 0 saturated heterocycles. The lowest BCUT2D eigenvalue weighted by Crippen LogP contribution is -2.35. The number of rotatable bonds is 3. The van der Waals surface area contributed by atoms with Gasteiger partial charge >= 0.3 is 11.8 Å². The Morgan fingerprint density at radius 1 is 1.15 bits per heavy atom. The molecule has 0 fully saturated rings. The smallest absolute Gasteiger partial charge is 0.313 e. The van der Waals surface area contributed by atoms with Crippen molar-refractivity contribution in [3.8, 4) is 0 Å². The van der Waals surface area contributed by atoms with Gasteiger partial charge in [-0.05, 0) is 23.6 Å². The predicted octanol–water partition coefficient (Wildman–Crippen LogP) is 2.28. The first-order valence-electron chi connectivity index (χ1n) is 5.63. The average molecular weight is 296 g/mol. The molecular formula is C13H10F2N2O2S. The highest BCUT2D eigenvalue weighted by Gasteiger charge is 2.15. The van der Waals surface area contributed by atoms with Gasteiger partial charge in [-0.25, -0.2) is 8.78 Å². The van der Waals surface area contributed by atoms with E-state index < -0.39 is 23.4 Å². The van der Waals surface area contributed by atoms with Gasteiger partial charge in [-0.15, -0.1) is 11.3 Å². The van der Waals surface area contributed by atoms with Gasteiger partial charge in [-0.1, -0.05) is 6.07 Å². The van der Waals surface area contributed by atoms with E-state index in [9.17, 15) is 18.4 Å². The van der Waals surface area contributed by atoms with Gasteiger partial charge in [0.2, 0.25) is 0 Å². The third kappa shape index (κ3) is 3.61. The van der Waals surface area contributed by atoms with Gasteiger partial charge in [0.15, 0.2) is 0 Å². The highest BCUT2D eigenvalue weighted by atomic mass is 32.1. The van der Waals surface area contributed by atoms with Crippen LogP contribution in [0.15, 0.2) is 35.7 Å². The number of carbonyl (C=O) groups excluding carboxylic acids is 2. The van der Waals surface area contributed by atoms with Gasteiger partial charge < -0.3 is 10.6 Å². The Kier molecular flexibility index (Phi) is 4.41. The van der Waals surface area contributed by atoms with Gasteiger partial charge in [-0.3, -0.25) is 9.59 Å². The van der Waals surface area contributed by atoms with Crippen molar-refractivity contribution in [2.75, 3.05) is 5.32 Å². The molecular weight excluding hydrogens is 286 g/mol. The lowest BCUT2D eigenvalue weighted by Gasteiger charge is -2.06. The molecule has 4 nitrogen and oxygen atoms in total. The Labute approximate surface area is 117 Å². The molecule has 0 saturated carbocycles. The van der Waals surface area contributed by atoms with Gasteiger partial charge in [-0.2, -0.15) is 0 Å². The number of hydrogen-bond acceptors (Lipinski definition) is 3. The van der Waals surface area contributed by atoms with Gasteiger partial charge in [0.25, 0.3) is 0 Å². The van der Waals surface area contributed by atoms with Crippen LogP contribution in [0.5, 0.6) is 0 Å². The summed E-state index contributed by atoms with van der Waals surface area (Å²) in [5.41, 5.74) is -0.248. The van der Waals surface area contributed by atoms with Crippen LogP contribution in [0.25, 0.3) is 0 Å². The minimum atomic E-state index is -1.01. The topological polar surface area (TPSA) is 58.2 Å². The average Bonchev–Trinajstić information content (AvgIpc) is 2.92. The summed E-state index contributed by atoms with van der Waals surface area (Å²) in [7, 11) is 0. The summed E-state index contributed by atoms with van der Waals surface area (Å²) in [4.78, 5) is 23.9. The van der Waals surface area contributed by atoms with Crippen LogP contribution in [-0.4, -0.2) is 11.8 Å². The van der Waals surface area contributed by atoms with Crippen LogP contribution >= 0.6 is 11.3 Å². The summed E-state index contributed by atoms with van der Waals surface area (Å²) >= 11 is 1.44. The van der Waals surface area contributed by atoms with Crippen LogP contribution in [-0.2, 0) is 16.1 Å². The number of hydrogen-bond donors (Lipinski definition) is 2. The summed E-state index contributed by atoms with van der Waals surface area (Å²) in [6.45, 7) is 0.218. The highest BCUT2D eigenvalue weighted by molar-refractivity contribution is 7.09. The first-order chi connectivity index (χ1) is 9.56. The minimum absolute atomic E-state index is 0.218. The van der Waals surface area contributed by atoms with Crippen LogP contribution in [0.2, 0.25) is 0 Å². The third-order valence-electron chi connectivity index (χ3n) is 2.39. The molecule has 0 spiro atoms. The van der Waals surface area contributed by atoms with Crippen molar-refractivity contribution in [3.05, 3.63) is 52.2 Å². The molecule has 104 valence electrons. The molecule has 2 rings (SSSR count). The largest absolute Gasteiger partial charge is 0.343 e. The normalized spacial score (nSPS) is 10.1. The molecule has 1 aromatic carbocycles. The fraction of sp³-hybridized carbons (Fsp3) is 0.0769. The number of anilines is 1. The van der Waals surface area contributed by atoms with Crippen molar-refractivity contribution in [2.45, 2.75) is 6.54 Å².